The van der Waals surface area contributed by atoms with Crippen LogP contribution < -0.4 is 0 Å². The number of amides is 1. The van der Waals surface area contributed by atoms with Gasteiger partial charge in [0.2, 0.25) is 0 Å². The number of morpholine rings is 1. The van der Waals surface area contributed by atoms with E-state index in [1.165, 1.54) is 13.0 Å². The zero-order chi connectivity index (χ0) is 12.4. The van der Waals surface area contributed by atoms with Crippen molar-refractivity contribution >= 4 is 5.91 Å². The minimum atomic E-state index is -0.985. The van der Waals surface area contributed by atoms with Gasteiger partial charge in [0, 0.05) is 18.7 Å². The maximum atomic E-state index is 13.2. The summed E-state index contributed by atoms with van der Waals surface area (Å²) in [5.74, 6) is -2.17. The van der Waals surface area contributed by atoms with Gasteiger partial charge in [-0.05, 0) is 24.6 Å². The Balaban J connectivity index is 2.24. The van der Waals surface area contributed by atoms with Gasteiger partial charge in [-0.3, -0.25) is 4.79 Å². The van der Waals surface area contributed by atoms with Crippen LogP contribution in [-0.2, 0) is 4.74 Å². The molecule has 0 N–H and O–H groups in total. The molecule has 1 aliphatic heterocycles. The van der Waals surface area contributed by atoms with Crippen LogP contribution in [0, 0.1) is 18.6 Å². The van der Waals surface area contributed by atoms with Gasteiger partial charge >= 0.3 is 0 Å². The molecule has 17 heavy (non-hydrogen) atoms. The zero-order valence-electron chi connectivity index (χ0n) is 9.50. The molecule has 3 nitrogen and oxygen atoms in total. The number of rotatable bonds is 1. The number of nitrogens with zero attached hydrogens (tertiary/aromatic N) is 1. The van der Waals surface area contributed by atoms with Crippen LogP contribution >= 0.6 is 0 Å². The number of benzene rings is 1. The number of hydrogen-bond donors (Lipinski definition) is 0. The highest BCUT2D eigenvalue weighted by molar-refractivity contribution is 5.94. The molecule has 1 heterocycles. The highest BCUT2D eigenvalue weighted by Gasteiger charge is 2.20. The van der Waals surface area contributed by atoms with Crippen molar-refractivity contribution in [1.82, 2.24) is 4.90 Å². The van der Waals surface area contributed by atoms with Crippen molar-refractivity contribution in [3.63, 3.8) is 0 Å². The van der Waals surface area contributed by atoms with Crippen molar-refractivity contribution in [1.29, 1.82) is 0 Å². The Bertz CT molecular complexity index is 419. The van der Waals surface area contributed by atoms with Crippen molar-refractivity contribution in [2.75, 3.05) is 26.3 Å². The van der Waals surface area contributed by atoms with E-state index < -0.39 is 11.6 Å². The standard InChI is InChI=1S/C12H13F2NO2/c1-8-6-9(7-10(13)11(8)14)12(16)15-2-4-17-5-3-15/h6-7H,2-5H2,1H3. The number of ether oxygens (including phenoxy) is 1. The number of carbonyl (C=O) groups excluding carboxylic acids is 1. The molecule has 0 aliphatic carbocycles. The number of hydrogen-bond acceptors (Lipinski definition) is 2. The molecule has 0 radical (unpaired) electrons. The third kappa shape index (κ3) is 2.44. The van der Waals surface area contributed by atoms with E-state index in [4.69, 9.17) is 4.74 Å². The minimum Gasteiger partial charge on any atom is -0.378 e. The van der Waals surface area contributed by atoms with Gasteiger partial charge in [-0.1, -0.05) is 0 Å². The topological polar surface area (TPSA) is 29.5 Å². The van der Waals surface area contributed by atoms with Crippen LogP contribution in [-0.4, -0.2) is 37.1 Å². The van der Waals surface area contributed by atoms with E-state index in [1.54, 1.807) is 4.90 Å². The average molecular weight is 241 g/mol. The summed E-state index contributed by atoms with van der Waals surface area (Å²) in [6.07, 6.45) is 0. The summed E-state index contributed by atoms with van der Waals surface area (Å²) in [7, 11) is 0. The maximum absolute atomic E-state index is 13.2. The molecule has 0 saturated carbocycles. The Kier molecular flexibility index (Phi) is 3.38. The van der Waals surface area contributed by atoms with Gasteiger partial charge in [0.1, 0.15) is 0 Å². The first-order chi connectivity index (χ1) is 8.09. The predicted molar refractivity (Wildman–Crippen MR) is 57.8 cm³/mol. The molecular formula is C12H13F2NO2. The third-order valence-electron chi connectivity index (χ3n) is 2.76. The van der Waals surface area contributed by atoms with Crippen LogP contribution in [0.1, 0.15) is 15.9 Å². The summed E-state index contributed by atoms with van der Waals surface area (Å²) in [6.45, 7) is 3.37. The Morgan fingerprint density at radius 2 is 1.94 bits per heavy atom. The molecular weight excluding hydrogens is 228 g/mol. The first-order valence-corrected chi connectivity index (χ1v) is 5.42. The third-order valence-corrected chi connectivity index (χ3v) is 2.76. The molecule has 0 bridgehead atoms. The van der Waals surface area contributed by atoms with Crippen LogP contribution in [0.15, 0.2) is 12.1 Å². The fourth-order valence-corrected chi connectivity index (χ4v) is 1.80. The van der Waals surface area contributed by atoms with E-state index in [1.807, 2.05) is 0 Å². The summed E-state index contributed by atoms with van der Waals surface area (Å²) in [4.78, 5) is 13.6. The van der Waals surface area contributed by atoms with Gasteiger partial charge in [0.25, 0.3) is 5.91 Å². The maximum Gasteiger partial charge on any atom is 0.254 e. The largest absolute Gasteiger partial charge is 0.378 e. The minimum absolute atomic E-state index is 0.140. The lowest BCUT2D eigenvalue weighted by atomic mass is 10.1. The molecule has 5 heteroatoms. The SMILES string of the molecule is Cc1cc(C(=O)N2CCOCC2)cc(F)c1F. The van der Waals surface area contributed by atoms with E-state index in [0.29, 0.717) is 26.3 Å². The molecule has 92 valence electrons. The first kappa shape index (κ1) is 12.0. The van der Waals surface area contributed by atoms with Crippen molar-refractivity contribution in [3.8, 4) is 0 Å². The molecule has 1 aliphatic rings. The fourth-order valence-electron chi connectivity index (χ4n) is 1.80. The summed E-state index contributed by atoms with van der Waals surface area (Å²) in [5, 5.41) is 0. The Labute approximate surface area is 98.0 Å². The van der Waals surface area contributed by atoms with Gasteiger partial charge in [-0.25, -0.2) is 8.78 Å². The second-order valence-corrected chi connectivity index (χ2v) is 3.99. The predicted octanol–water partition coefficient (Wildman–Crippen LogP) is 1.75. The summed E-state index contributed by atoms with van der Waals surface area (Å²) in [5.41, 5.74) is 0.324. The molecule has 0 atom stereocenters. The molecule has 1 fully saturated rings. The smallest absolute Gasteiger partial charge is 0.254 e. The van der Waals surface area contributed by atoms with Crippen molar-refractivity contribution in [2.45, 2.75) is 6.92 Å². The van der Waals surface area contributed by atoms with Gasteiger partial charge in [-0.2, -0.15) is 0 Å². The molecule has 1 saturated heterocycles. The van der Waals surface area contributed by atoms with Crippen LogP contribution in [0.3, 0.4) is 0 Å². The monoisotopic (exact) mass is 241 g/mol. The van der Waals surface area contributed by atoms with E-state index in [9.17, 15) is 13.6 Å². The summed E-state index contributed by atoms with van der Waals surface area (Å²) < 4.78 is 31.4. The van der Waals surface area contributed by atoms with Gasteiger partial charge in [-0.15, -0.1) is 0 Å². The first-order valence-electron chi connectivity index (χ1n) is 5.42. The lowest BCUT2D eigenvalue weighted by Gasteiger charge is -2.27. The van der Waals surface area contributed by atoms with Crippen LogP contribution in [0.4, 0.5) is 8.78 Å². The number of carbonyl (C=O) groups is 1. The van der Waals surface area contributed by atoms with Gasteiger partial charge in [0.15, 0.2) is 11.6 Å². The van der Waals surface area contributed by atoms with E-state index in [2.05, 4.69) is 0 Å². The second-order valence-electron chi connectivity index (χ2n) is 3.99. The van der Waals surface area contributed by atoms with Crippen LogP contribution in [0.5, 0.6) is 0 Å². The molecule has 1 amide bonds. The quantitative estimate of drug-likeness (QED) is 0.749. The van der Waals surface area contributed by atoms with E-state index in [-0.39, 0.29) is 17.0 Å². The van der Waals surface area contributed by atoms with Gasteiger partial charge < -0.3 is 9.64 Å². The van der Waals surface area contributed by atoms with E-state index in [0.717, 1.165) is 6.07 Å². The molecule has 2 rings (SSSR count). The van der Waals surface area contributed by atoms with Crippen LogP contribution in [0.2, 0.25) is 0 Å². The Morgan fingerprint density at radius 1 is 1.29 bits per heavy atom. The van der Waals surface area contributed by atoms with Crippen molar-refractivity contribution < 1.29 is 18.3 Å². The Hall–Kier alpha value is -1.49. The summed E-state index contributed by atoms with van der Waals surface area (Å²) in [6, 6.07) is 2.32. The average Bonchev–Trinajstić information content (AvgIpc) is 2.35. The lowest BCUT2D eigenvalue weighted by molar-refractivity contribution is 0.0302. The van der Waals surface area contributed by atoms with Crippen molar-refractivity contribution in [3.05, 3.63) is 34.9 Å². The number of halogens is 2. The summed E-state index contributed by atoms with van der Waals surface area (Å²) >= 11 is 0. The highest BCUT2D eigenvalue weighted by Crippen LogP contribution is 2.16. The van der Waals surface area contributed by atoms with Gasteiger partial charge in [0.05, 0.1) is 13.2 Å². The Morgan fingerprint density at radius 3 is 2.53 bits per heavy atom. The normalized spacial score (nSPS) is 16.1. The molecule has 1 aromatic rings. The highest BCUT2D eigenvalue weighted by atomic mass is 19.2. The molecule has 0 unspecified atom stereocenters. The fraction of sp³-hybridized carbons (Fsp3) is 0.417. The molecule has 0 spiro atoms. The molecule has 0 aromatic heterocycles. The second kappa shape index (κ2) is 4.79. The number of aryl methyl sites for hydroxylation is 1. The molecule has 1 aromatic carbocycles. The lowest BCUT2D eigenvalue weighted by Crippen LogP contribution is -2.40. The van der Waals surface area contributed by atoms with Crippen molar-refractivity contribution in [2.24, 2.45) is 0 Å². The van der Waals surface area contributed by atoms with E-state index >= 15 is 0 Å². The zero-order valence-corrected chi connectivity index (χ0v) is 9.50. The van der Waals surface area contributed by atoms with Crippen LogP contribution in [0.25, 0.3) is 0 Å².